The number of hydrogen-bond acceptors (Lipinski definition) is 6. The van der Waals surface area contributed by atoms with E-state index in [0.29, 0.717) is 5.69 Å². The average Bonchev–Trinajstić information content (AvgIpc) is 2.33. The number of carbonyl (C=O) groups excluding carboxylic acids is 1. The first-order valence-electron chi connectivity index (χ1n) is 6.09. The Labute approximate surface area is 123 Å². The number of pyridine rings is 1. The number of ether oxygens (including phenoxy) is 1. The molecule has 1 aromatic rings. The van der Waals surface area contributed by atoms with E-state index in [1.54, 1.807) is 26.8 Å². The summed E-state index contributed by atoms with van der Waals surface area (Å²) in [5.74, 6) is 0. The summed E-state index contributed by atoms with van der Waals surface area (Å²) in [5.41, 5.74) is -0.334. The van der Waals surface area contributed by atoms with Crippen LogP contribution in [0.5, 0.6) is 0 Å². The Balaban J connectivity index is 2.88. The van der Waals surface area contributed by atoms with Crippen LogP contribution in [0.1, 0.15) is 32.0 Å². The van der Waals surface area contributed by atoms with Gasteiger partial charge in [-0.05, 0) is 26.8 Å². The van der Waals surface area contributed by atoms with Gasteiger partial charge >= 0.3 is 6.09 Å². The van der Waals surface area contributed by atoms with E-state index in [-0.39, 0.29) is 17.0 Å². The molecule has 0 unspecified atom stereocenters. The summed E-state index contributed by atoms with van der Waals surface area (Å²) in [6.07, 6.45) is 1.55. The third kappa shape index (κ3) is 5.39. The molecule has 1 aromatic heterocycles. The molecule has 0 bridgehead atoms. The normalized spacial score (nSPS) is 11.6. The van der Waals surface area contributed by atoms with E-state index in [4.69, 9.17) is 10.00 Å². The molecule has 1 amide bonds. The number of aromatic nitrogens is 1. The predicted molar refractivity (Wildman–Crippen MR) is 75.1 cm³/mol. The first-order valence-corrected chi connectivity index (χ1v) is 7.98. The van der Waals surface area contributed by atoms with Gasteiger partial charge in [-0.15, -0.1) is 0 Å². The second-order valence-corrected chi connectivity index (χ2v) is 7.40. The first kappa shape index (κ1) is 16.9. The van der Waals surface area contributed by atoms with Crippen molar-refractivity contribution in [2.24, 2.45) is 0 Å². The second kappa shape index (κ2) is 6.10. The number of alkyl carbamates (subject to hydrolysis) is 1. The van der Waals surface area contributed by atoms with Gasteiger partial charge < -0.3 is 10.1 Å². The van der Waals surface area contributed by atoms with Crippen LogP contribution in [-0.4, -0.2) is 31.4 Å². The van der Waals surface area contributed by atoms with Crippen molar-refractivity contribution < 1.29 is 17.9 Å². The lowest BCUT2D eigenvalue weighted by Gasteiger charge is -2.19. The molecule has 0 atom stereocenters. The molecule has 1 rings (SSSR count). The monoisotopic (exact) mass is 311 g/mol. The molecule has 0 saturated carbocycles. The van der Waals surface area contributed by atoms with Crippen molar-refractivity contribution >= 4 is 15.9 Å². The van der Waals surface area contributed by atoms with E-state index < -0.39 is 21.5 Å². The maximum absolute atomic E-state index is 11.6. The zero-order chi connectivity index (χ0) is 16.3. The summed E-state index contributed by atoms with van der Waals surface area (Å²) in [5, 5.41) is 11.3. The summed E-state index contributed by atoms with van der Waals surface area (Å²) < 4.78 is 28.3. The molecule has 0 aliphatic heterocycles. The quantitative estimate of drug-likeness (QED) is 0.903. The van der Waals surface area contributed by atoms with Crippen molar-refractivity contribution in [2.45, 2.75) is 37.8 Å². The van der Waals surface area contributed by atoms with Gasteiger partial charge in [0.2, 0.25) is 0 Å². The molecule has 0 saturated heterocycles. The SMILES string of the molecule is CC(C)(C)OC(=O)NCc1cc(S(C)(=O)=O)c(C#N)cn1. The fourth-order valence-electron chi connectivity index (χ4n) is 1.44. The smallest absolute Gasteiger partial charge is 0.407 e. The van der Waals surface area contributed by atoms with Crippen LogP contribution >= 0.6 is 0 Å². The van der Waals surface area contributed by atoms with Crippen LogP contribution in [0.3, 0.4) is 0 Å². The van der Waals surface area contributed by atoms with E-state index in [1.165, 1.54) is 12.3 Å². The van der Waals surface area contributed by atoms with Crippen molar-refractivity contribution in [3.05, 3.63) is 23.5 Å². The van der Waals surface area contributed by atoms with Crippen LogP contribution in [-0.2, 0) is 21.1 Å². The lowest BCUT2D eigenvalue weighted by molar-refractivity contribution is 0.0523. The van der Waals surface area contributed by atoms with Crippen LogP contribution in [0.25, 0.3) is 0 Å². The van der Waals surface area contributed by atoms with E-state index in [0.717, 1.165) is 6.26 Å². The molecule has 21 heavy (non-hydrogen) atoms. The minimum Gasteiger partial charge on any atom is -0.444 e. The fourth-order valence-corrected chi connectivity index (χ4v) is 2.29. The first-order chi connectivity index (χ1) is 9.53. The van der Waals surface area contributed by atoms with Gasteiger partial charge in [-0.3, -0.25) is 4.98 Å². The Kier molecular flexibility index (Phi) is 4.91. The molecular weight excluding hydrogens is 294 g/mol. The fraction of sp³-hybridized carbons (Fsp3) is 0.462. The summed E-state index contributed by atoms with van der Waals surface area (Å²) in [7, 11) is -3.54. The molecule has 0 fully saturated rings. The molecule has 1 N–H and O–H groups in total. The summed E-state index contributed by atoms with van der Waals surface area (Å²) >= 11 is 0. The molecule has 8 heteroatoms. The number of sulfone groups is 1. The minimum atomic E-state index is -3.54. The zero-order valence-electron chi connectivity index (χ0n) is 12.3. The summed E-state index contributed by atoms with van der Waals surface area (Å²) in [6.45, 7) is 5.19. The molecule has 0 aromatic carbocycles. The Hall–Kier alpha value is -2.14. The van der Waals surface area contributed by atoms with E-state index in [1.807, 2.05) is 0 Å². The Morgan fingerprint density at radius 3 is 2.57 bits per heavy atom. The van der Waals surface area contributed by atoms with Crippen LogP contribution in [0.2, 0.25) is 0 Å². The van der Waals surface area contributed by atoms with Gasteiger partial charge in [-0.1, -0.05) is 0 Å². The van der Waals surface area contributed by atoms with E-state index in [9.17, 15) is 13.2 Å². The third-order valence-electron chi connectivity index (χ3n) is 2.26. The number of nitrogens with one attached hydrogen (secondary N) is 1. The van der Waals surface area contributed by atoms with Crippen LogP contribution in [0.4, 0.5) is 4.79 Å². The van der Waals surface area contributed by atoms with Gasteiger partial charge in [-0.25, -0.2) is 13.2 Å². The lowest BCUT2D eigenvalue weighted by atomic mass is 10.2. The minimum absolute atomic E-state index is 0.00312. The molecule has 0 aliphatic carbocycles. The van der Waals surface area contributed by atoms with Gasteiger partial charge in [-0.2, -0.15) is 5.26 Å². The Morgan fingerprint density at radius 2 is 2.10 bits per heavy atom. The molecular formula is C13H17N3O4S. The van der Waals surface area contributed by atoms with E-state index >= 15 is 0 Å². The van der Waals surface area contributed by atoms with Crippen molar-refractivity contribution in [1.82, 2.24) is 10.3 Å². The Bertz CT molecular complexity index is 684. The van der Waals surface area contributed by atoms with Gasteiger partial charge in [0, 0.05) is 12.5 Å². The van der Waals surface area contributed by atoms with Crippen molar-refractivity contribution in [3.8, 4) is 6.07 Å². The standard InChI is InChI=1S/C13H17N3O4S/c1-13(2,3)20-12(17)16-8-10-5-11(21(4,18)19)9(6-14)7-15-10/h5,7H,8H2,1-4H3,(H,16,17). The molecule has 0 aliphatic rings. The molecule has 7 nitrogen and oxygen atoms in total. The highest BCUT2D eigenvalue weighted by atomic mass is 32.2. The van der Waals surface area contributed by atoms with Gasteiger partial charge in [0.1, 0.15) is 11.7 Å². The lowest BCUT2D eigenvalue weighted by Crippen LogP contribution is -2.32. The van der Waals surface area contributed by atoms with Crippen LogP contribution < -0.4 is 5.32 Å². The highest BCUT2D eigenvalue weighted by Crippen LogP contribution is 2.15. The number of hydrogen-bond donors (Lipinski definition) is 1. The maximum atomic E-state index is 11.6. The van der Waals surface area contributed by atoms with Crippen molar-refractivity contribution in [2.75, 3.05) is 6.26 Å². The van der Waals surface area contributed by atoms with Crippen LogP contribution in [0, 0.1) is 11.3 Å². The summed E-state index contributed by atoms with van der Waals surface area (Å²) in [4.78, 5) is 15.3. The highest BCUT2D eigenvalue weighted by molar-refractivity contribution is 7.90. The second-order valence-electron chi connectivity index (χ2n) is 5.41. The van der Waals surface area contributed by atoms with Gasteiger partial charge in [0.25, 0.3) is 0 Å². The highest BCUT2D eigenvalue weighted by Gasteiger charge is 2.17. The topological polar surface area (TPSA) is 109 Å². The predicted octanol–water partition coefficient (Wildman–Crippen LogP) is 1.38. The molecule has 0 radical (unpaired) electrons. The number of nitriles is 1. The molecule has 1 heterocycles. The largest absolute Gasteiger partial charge is 0.444 e. The third-order valence-corrected chi connectivity index (χ3v) is 3.39. The molecule has 0 spiro atoms. The number of rotatable bonds is 3. The van der Waals surface area contributed by atoms with Crippen LogP contribution in [0.15, 0.2) is 17.2 Å². The molecule has 114 valence electrons. The van der Waals surface area contributed by atoms with E-state index in [2.05, 4.69) is 10.3 Å². The van der Waals surface area contributed by atoms with Gasteiger partial charge in [0.05, 0.1) is 22.7 Å². The van der Waals surface area contributed by atoms with Gasteiger partial charge in [0.15, 0.2) is 9.84 Å². The Morgan fingerprint density at radius 1 is 1.48 bits per heavy atom. The maximum Gasteiger partial charge on any atom is 0.407 e. The average molecular weight is 311 g/mol. The van der Waals surface area contributed by atoms with Crippen molar-refractivity contribution in [3.63, 3.8) is 0 Å². The van der Waals surface area contributed by atoms with Crippen molar-refractivity contribution in [1.29, 1.82) is 5.26 Å². The number of nitrogens with zero attached hydrogens (tertiary/aromatic N) is 2. The number of amides is 1. The summed E-state index contributed by atoms with van der Waals surface area (Å²) in [6, 6.07) is 3.04. The number of carbonyl (C=O) groups is 1. The zero-order valence-corrected chi connectivity index (χ0v) is 13.1.